The third-order valence-corrected chi connectivity index (χ3v) is 2.50. The molecule has 0 unspecified atom stereocenters. The summed E-state index contributed by atoms with van der Waals surface area (Å²) in [4.78, 5) is 15.7. The van der Waals surface area contributed by atoms with E-state index in [0.29, 0.717) is 32.0 Å². The van der Waals surface area contributed by atoms with Crippen LogP contribution in [-0.2, 0) is 11.3 Å². The largest absolute Gasteiger partial charge is 0.370 e. The summed E-state index contributed by atoms with van der Waals surface area (Å²) in [5.41, 5.74) is 6.71. The second kappa shape index (κ2) is 8.97. The first-order chi connectivity index (χ1) is 9.22. The standard InChI is InChI=1S/C14H22N4O/c1-2-9-16-14(15)17-10-8-13(19)18-11-12-6-4-3-5-7-12/h3-7H,2,8-11H2,1H3,(H,18,19)(H3,15,16,17). The average Bonchev–Trinajstić information content (AvgIpc) is 2.44. The van der Waals surface area contributed by atoms with Crippen LogP contribution >= 0.6 is 0 Å². The summed E-state index contributed by atoms with van der Waals surface area (Å²) in [6, 6.07) is 9.82. The number of aliphatic imine (C=N–C) groups is 1. The van der Waals surface area contributed by atoms with Crippen LogP contribution in [0.2, 0.25) is 0 Å². The lowest BCUT2D eigenvalue weighted by molar-refractivity contribution is -0.121. The Bertz CT molecular complexity index is 403. The van der Waals surface area contributed by atoms with E-state index in [2.05, 4.69) is 15.6 Å². The lowest BCUT2D eigenvalue weighted by Crippen LogP contribution is -2.35. The Hall–Kier alpha value is -2.04. The molecule has 5 nitrogen and oxygen atoms in total. The van der Waals surface area contributed by atoms with Crippen molar-refractivity contribution in [2.45, 2.75) is 26.3 Å². The third kappa shape index (κ3) is 7.08. The zero-order valence-corrected chi connectivity index (χ0v) is 11.4. The Morgan fingerprint density at radius 3 is 2.68 bits per heavy atom. The molecule has 1 aromatic carbocycles. The predicted octanol–water partition coefficient (Wildman–Crippen LogP) is 1.01. The first-order valence-corrected chi connectivity index (χ1v) is 6.56. The Morgan fingerprint density at radius 2 is 2.00 bits per heavy atom. The van der Waals surface area contributed by atoms with Crippen molar-refractivity contribution < 1.29 is 4.79 Å². The summed E-state index contributed by atoms with van der Waals surface area (Å²) in [7, 11) is 0. The number of rotatable bonds is 7. The normalized spacial score (nSPS) is 11.1. The fourth-order valence-corrected chi connectivity index (χ4v) is 1.48. The van der Waals surface area contributed by atoms with Crippen molar-refractivity contribution in [1.29, 1.82) is 0 Å². The SMILES string of the molecule is CCCN=C(N)NCCC(=O)NCc1ccccc1. The maximum atomic E-state index is 11.6. The van der Waals surface area contributed by atoms with Crippen molar-refractivity contribution in [2.75, 3.05) is 13.1 Å². The molecule has 0 saturated carbocycles. The molecule has 0 atom stereocenters. The highest BCUT2D eigenvalue weighted by Gasteiger charge is 2.01. The Balaban J connectivity index is 2.15. The molecule has 5 heteroatoms. The number of hydrogen-bond acceptors (Lipinski definition) is 2. The average molecular weight is 262 g/mol. The van der Waals surface area contributed by atoms with Crippen molar-refractivity contribution in [3.63, 3.8) is 0 Å². The number of nitrogens with one attached hydrogen (secondary N) is 2. The van der Waals surface area contributed by atoms with E-state index >= 15 is 0 Å². The molecule has 0 aliphatic rings. The maximum Gasteiger partial charge on any atom is 0.222 e. The zero-order chi connectivity index (χ0) is 13.9. The quantitative estimate of drug-likeness (QED) is 0.507. The molecule has 0 spiro atoms. The van der Waals surface area contributed by atoms with E-state index in [-0.39, 0.29) is 5.91 Å². The van der Waals surface area contributed by atoms with E-state index in [4.69, 9.17) is 5.73 Å². The molecule has 104 valence electrons. The van der Waals surface area contributed by atoms with E-state index in [1.807, 2.05) is 37.3 Å². The Kier molecular flexibility index (Phi) is 7.09. The lowest BCUT2D eigenvalue weighted by atomic mass is 10.2. The van der Waals surface area contributed by atoms with Gasteiger partial charge < -0.3 is 16.4 Å². The molecule has 0 aliphatic heterocycles. The van der Waals surface area contributed by atoms with Gasteiger partial charge in [0.2, 0.25) is 5.91 Å². The second-order valence-electron chi connectivity index (χ2n) is 4.21. The molecule has 1 amide bonds. The van der Waals surface area contributed by atoms with E-state index < -0.39 is 0 Å². The van der Waals surface area contributed by atoms with E-state index in [1.165, 1.54) is 0 Å². The molecule has 0 aliphatic carbocycles. The van der Waals surface area contributed by atoms with Gasteiger partial charge in [-0.25, -0.2) is 0 Å². The van der Waals surface area contributed by atoms with Crippen LogP contribution in [0.25, 0.3) is 0 Å². The van der Waals surface area contributed by atoms with Crippen molar-refractivity contribution in [3.8, 4) is 0 Å². The topological polar surface area (TPSA) is 79.5 Å². The molecule has 0 fully saturated rings. The van der Waals surface area contributed by atoms with Crippen molar-refractivity contribution in [3.05, 3.63) is 35.9 Å². The van der Waals surface area contributed by atoms with Crippen LogP contribution in [0.3, 0.4) is 0 Å². The fourth-order valence-electron chi connectivity index (χ4n) is 1.48. The number of carbonyl (C=O) groups excluding carboxylic acids is 1. The molecule has 1 aromatic rings. The summed E-state index contributed by atoms with van der Waals surface area (Å²) >= 11 is 0. The first-order valence-electron chi connectivity index (χ1n) is 6.56. The van der Waals surface area contributed by atoms with E-state index in [1.54, 1.807) is 0 Å². The highest BCUT2D eigenvalue weighted by Crippen LogP contribution is 1.97. The third-order valence-electron chi connectivity index (χ3n) is 2.50. The van der Waals surface area contributed by atoms with Crippen LogP contribution in [0.15, 0.2) is 35.3 Å². The highest BCUT2D eigenvalue weighted by molar-refractivity contribution is 5.79. The number of nitrogens with zero attached hydrogens (tertiary/aromatic N) is 1. The number of carbonyl (C=O) groups is 1. The number of benzene rings is 1. The summed E-state index contributed by atoms with van der Waals surface area (Å²) in [5.74, 6) is 0.400. The van der Waals surface area contributed by atoms with Gasteiger partial charge in [-0.1, -0.05) is 37.3 Å². The van der Waals surface area contributed by atoms with Crippen LogP contribution < -0.4 is 16.4 Å². The second-order valence-corrected chi connectivity index (χ2v) is 4.21. The molecular formula is C14H22N4O. The number of amides is 1. The summed E-state index contributed by atoms with van der Waals surface area (Å²) in [5, 5.41) is 5.77. The predicted molar refractivity (Wildman–Crippen MR) is 77.7 cm³/mol. The van der Waals surface area contributed by atoms with Crippen LogP contribution in [0.4, 0.5) is 0 Å². The maximum absolute atomic E-state index is 11.6. The molecule has 0 radical (unpaired) electrons. The highest BCUT2D eigenvalue weighted by atomic mass is 16.1. The van der Waals surface area contributed by atoms with Crippen molar-refractivity contribution in [2.24, 2.45) is 10.7 Å². The molecule has 0 saturated heterocycles. The van der Waals surface area contributed by atoms with Crippen molar-refractivity contribution in [1.82, 2.24) is 10.6 Å². The zero-order valence-electron chi connectivity index (χ0n) is 11.4. The van der Waals surface area contributed by atoms with Crippen LogP contribution in [0.1, 0.15) is 25.3 Å². The lowest BCUT2D eigenvalue weighted by Gasteiger charge is -2.07. The first kappa shape index (κ1) is 15.0. The summed E-state index contributed by atoms with van der Waals surface area (Å²) in [6.07, 6.45) is 1.34. The minimum atomic E-state index is -0.000329. The summed E-state index contributed by atoms with van der Waals surface area (Å²) in [6.45, 7) is 3.80. The van der Waals surface area contributed by atoms with Gasteiger partial charge in [0.05, 0.1) is 0 Å². The molecule has 1 rings (SSSR count). The number of hydrogen-bond donors (Lipinski definition) is 3. The van der Waals surface area contributed by atoms with Crippen molar-refractivity contribution >= 4 is 11.9 Å². The minimum Gasteiger partial charge on any atom is -0.370 e. The number of nitrogens with two attached hydrogens (primary N) is 1. The Morgan fingerprint density at radius 1 is 1.26 bits per heavy atom. The van der Waals surface area contributed by atoms with Gasteiger partial charge in [0, 0.05) is 26.1 Å². The van der Waals surface area contributed by atoms with Gasteiger partial charge >= 0.3 is 0 Å². The molecule has 0 heterocycles. The molecule has 0 aromatic heterocycles. The van der Waals surface area contributed by atoms with Crippen LogP contribution in [-0.4, -0.2) is 25.0 Å². The van der Waals surface area contributed by atoms with Gasteiger partial charge in [-0.3, -0.25) is 9.79 Å². The smallest absolute Gasteiger partial charge is 0.222 e. The minimum absolute atomic E-state index is 0.000329. The monoisotopic (exact) mass is 262 g/mol. The fraction of sp³-hybridized carbons (Fsp3) is 0.429. The van der Waals surface area contributed by atoms with Gasteiger partial charge in [-0.15, -0.1) is 0 Å². The van der Waals surface area contributed by atoms with E-state index in [0.717, 1.165) is 12.0 Å². The van der Waals surface area contributed by atoms with Crippen LogP contribution in [0.5, 0.6) is 0 Å². The summed E-state index contributed by atoms with van der Waals surface area (Å²) < 4.78 is 0. The molecule has 0 bridgehead atoms. The van der Waals surface area contributed by atoms with Gasteiger partial charge in [0.25, 0.3) is 0 Å². The van der Waals surface area contributed by atoms with Gasteiger partial charge in [-0.2, -0.15) is 0 Å². The Labute approximate surface area is 114 Å². The van der Waals surface area contributed by atoms with Gasteiger partial charge in [0.15, 0.2) is 5.96 Å². The van der Waals surface area contributed by atoms with Gasteiger partial charge in [-0.05, 0) is 12.0 Å². The molecule has 19 heavy (non-hydrogen) atoms. The molecule has 4 N–H and O–H groups in total. The van der Waals surface area contributed by atoms with Crippen LogP contribution in [0, 0.1) is 0 Å². The van der Waals surface area contributed by atoms with Gasteiger partial charge in [0.1, 0.15) is 0 Å². The van der Waals surface area contributed by atoms with E-state index in [9.17, 15) is 4.79 Å². The molecular weight excluding hydrogens is 240 g/mol. The number of guanidine groups is 1.